The second kappa shape index (κ2) is 9.71. The van der Waals surface area contributed by atoms with Crippen LogP contribution < -0.4 is 10.5 Å². The van der Waals surface area contributed by atoms with Crippen molar-refractivity contribution >= 4 is 28.4 Å². The summed E-state index contributed by atoms with van der Waals surface area (Å²) in [5.41, 5.74) is 4.14. The highest BCUT2D eigenvalue weighted by Crippen LogP contribution is 2.25. The largest absolute Gasteiger partial charge is 0.423 e. The van der Waals surface area contributed by atoms with E-state index >= 15 is 0 Å². The van der Waals surface area contributed by atoms with E-state index in [-0.39, 0.29) is 5.63 Å². The number of hydrogen-bond donors (Lipinski definition) is 0. The Morgan fingerprint density at radius 2 is 1.73 bits per heavy atom. The lowest BCUT2D eigenvalue weighted by atomic mass is 10.1. The summed E-state index contributed by atoms with van der Waals surface area (Å²) < 4.78 is 5.36. The quantitative estimate of drug-likeness (QED) is 0.301. The van der Waals surface area contributed by atoms with Crippen LogP contribution in [-0.4, -0.2) is 43.4 Å². The van der Waals surface area contributed by atoms with Crippen molar-refractivity contribution in [1.29, 1.82) is 0 Å². The minimum absolute atomic E-state index is 0.273. The Labute approximate surface area is 182 Å². The number of rotatable bonds is 7. The second-order valence-corrected chi connectivity index (χ2v) is 9.25. The first-order valence-corrected chi connectivity index (χ1v) is 11.8. The predicted octanol–water partition coefficient (Wildman–Crippen LogP) is 5.10. The minimum atomic E-state index is -0.273. The molecule has 1 aliphatic rings. The van der Waals surface area contributed by atoms with Gasteiger partial charge in [-0.2, -0.15) is 0 Å². The van der Waals surface area contributed by atoms with Crippen molar-refractivity contribution in [2.75, 3.05) is 43.4 Å². The van der Waals surface area contributed by atoms with Crippen LogP contribution in [0.5, 0.6) is 0 Å². The molecule has 0 N–H and O–H groups in total. The lowest BCUT2D eigenvalue weighted by Crippen LogP contribution is -2.46. The van der Waals surface area contributed by atoms with E-state index in [4.69, 9.17) is 4.42 Å². The fraction of sp³-hybridized carbons (Fsp3) is 0.400. The Kier molecular flexibility index (Phi) is 6.80. The molecule has 4 rings (SSSR count). The number of anilines is 1. The molecule has 3 aromatic rings. The molecule has 0 spiro atoms. The van der Waals surface area contributed by atoms with Gasteiger partial charge in [-0.15, -0.1) is 11.8 Å². The zero-order valence-corrected chi connectivity index (χ0v) is 18.7. The third kappa shape index (κ3) is 5.08. The van der Waals surface area contributed by atoms with Crippen molar-refractivity contribution in [2.24, 2.45) is 0 Å². The third-order valence-corrected chi connectivity index (χ3v) is 6.97. The molecular weight excluding hydrogens is 392 g/mol. The van der Waals surface area contributed by atoms with Gasteiger partial charge in [-0.25, -0.2) is 4.79 Å². The van der Waals surface area contributed by atoms with Gasteiger partial charge in [0.2, 0.25) is 0 Å². The Balaban J connectivity index is 1.19. The van der Waals surface area contributed by atoms with Crippen LogP contribution in [0.2, 0.25) is 0 Å². The highest BCUT2D eigenvalue weighted by Gasteiger charge is 2.17. The number of hydrogen-bond acceptors (Lipinski definition) is 5. The molecule has 0 amide bonds. The zero-order chi connectivity index (χ0) is 20.9. The van der Waals surface area contributed by atoms with Crippen LogP contribution in [-0.2, 0) is 0 Å². The fourth-order valence-electron chi connectivity index (χ4n) is 4.15. The van der Waals surface area contributed by atoms with Gasteiger partial charge in [-0.3, -0.25) is 4.90 Å². The number of benzene rings is 2. The molecule has 4 nitrogen and oxygen atoms in total. The van der Waals surface area contributed by atoms with Gasteiger partial charge in [0.25, 0.3) is 0 Å². The SMILES string of the molecule is Cc1ccccc1N1CCN(CCCCSc2ccc3c(C)cc(=O)oc3c2)CC1. The summed E-state index contributed by atoms with van der Waals surface area (Å²) in [6.07, 6.45) is 2.41. The molecule has 2 aromatic carbocycles. The molecule has 0 bridgehead atoms. The maximum atomic E-state index is 11.6. The van der Waals surface area contributed by atoms with E-state index in [1.807, 2.05) is 24.8 Å². The van der Waals surface area contributed by atoms with Gasteiger partial charge in [-0.05, 0) is 74.4 Å². The normalized spacial score (nSPS) is 15.1. The van der Waals surface area contributed by atoms with Gasteiger partial charge in [0.15, 0.2) is 0 Å². The summed E-state index contributed by atoms with van der Waals surface area (Å²) >= 11 is 1.84. The summed E-state index contributed by atoms with van der Waals surface area (Å²) in [6.45, 7) is 9.84. The number of piperazine rings is 1. The number of fused-ring (bicyclic) bond motifs is 1. The molecular formula is C25H30N2O2S. The molecule has 0 unspecified atom stereocenters. The molecule has 1 fully saturated rings. The molecule has 0 atom stereocenters. The minimum Gasteiger partial charge on any atom is -0.423 e. The number of nitrogens with zero attached hydrogens (tertiary/aromatic N) is 2. The zero-order valence-electron chi connectivity index (χ0n) is 17.9. The van der Waals surface area contributed by atoms with Gasteiger partial charge < -0.3 is 9.32 Å². The smallest absolute Gasteiger partial charge is 0.336 e. The number of aryl methyl sites for hydroxylation is 2. The van der Waals surface area contributed by atoms with Crippen molar-refractivity contribution < 1.29 is 4.42 Å². The Bertz CT molecular complexity index is 1050. The lowest BCUT2D eigenvalue weighted by molar-refractivity contribution is 0.254. The Morgan fingerprint density at radius 1 is 0.933 bits per heavy atom. The summed E-state index contributed by atoms with van der Waals surface area (Å²) in [5.74, 6) is 1.09. The second-order valence-electron chi connectivity index (χ2n) is 8.08. The van der Waals surface area contributed by atoms with E-state index in [1.165, 1.54) is 35.5 Å². The first kappa shape index (κ1) is 21.0. The summed E-state index contributed by atoms with van der Waals surface area (Å²) in [7, 11) is 0. The number of thioether (sulfide) groups is 1. The molecule has 158 valence electrons. The first-order valence-electron chi connectivity index (χ1n) is 10.8. The highest BCUT2D eigenvalue weighted by molar-refractivity contribution is 7.99. The fourth-order valence-corrected chi connectivity index (χ4v) is 5.09. The van der Waals surface area contributed by atoms with E-state index in [1.54, 1.807) is 6.07 Å². The van der Waals surface area contributed by atoms with E-state index < -0.39 is 0 Å². The molecule has 30 heavy (non-hydrogen) atoms. The van der Waals surface area contributed by atoms with Crippen molar-refractivity contribution in [3.63, 3.8) is 0 Å². The van der Waals surface area contributed by atoms with Crippen LogP contribution in [0.15, 0.2) is 62.6 Å². The van der Waals surface area contributed by atoms with Crippen molar-refractivity contribution in [2.45, 2.75) is 31.6 Å². The predicted molar refractivity (Wildman–Crippen MR) is 127 cm³/mol. The average Bonchev–Trinajstić information content (AvgIpc) is 2.74. The van der Waals surface area contributed by atoms with E-state index in [0.717, 1.165) is 42.9 Å². The van der Waals surface area contributed by atoms with Crippen LogP contribution in [0.4, 0.5) is 5.69 Å². The third-order valence-electron chi connectivity index (χ3n) is 5.89. The maximum absolute atomic E-state index is 11.6. The molecule has 1 aliphatic heterocycles. The molecule has 2 heterocycles. The monoisotopic (exact) mass is 422 g/mol. The van der Waals surface area contributed by atoms with Crippen molar-refractivity contribution in [1.82, 2.24) is 4.90 Å². The molecule has 1 aromatic heterocycles. The average molecular weight is 423 g/mol. The van der Waals surface area contributed by atoms with E-state index in [0.29, 0.717) is 5.58 Å². The lowest BCUT2D eigenvalue weighted by Gasteiger charge is -2.36. The topological polar surface area (TPSA) is 36.7 Å². The Morgan fingerprint density at radius 3 is 2.53 bits per heavy atom. The van der Waals surface area contributed by atoms with Gasteiger partial charge in [-0.1, -0.05) is 18.2 Å². The number of para-hydroxylation sites is 1. The van der Waals surface area contributed by atoms with Crippen molar-refractivity contribution in [3.05, 3.63) is 70.1 Å². The molecule has 0 saturated carbocycles. The first-order chi connectivity index (χ1) is 14.6. The summed E-state index contributed by atoms with van der Waals surface area (Å²) in [4.78, 5) is 17.9. The van der Waals surface area contributed by atoms with Crippen LogP contribution in [0.3, 0.4) is 0 Å². The molecule has 1 saturated heterocycles. The van der Waals surface area contributed by atoms with E-state index in [9.17, 15) is 4.79 Å². The van der Waals surface area contributed by atoms with Gasteiger partial charge in [0.05, 0.1) is 0 Å². The van der Waals surface area contributed by atoms with Gasteiger partial charge in [0.1, 0.15) is 5.58 Å². The number of unbranched alkanes of at least 4 members (excludes halogenated alkanes) is 1. The highest BCUT2D eigenvalue weighted by atomic mass is 32.2. The standard InChI is InChI=1S/C25H30N2O2S/c1-19-7-3-4-8-23(19)27-14-12-26(13-15-27)11-5-6-16-30-21-9-10-22-20(2)17-25(28)29-24(22)18-21/h3-4,7-10,17-18H,5-6,11-16H2,1-2H3. The Hall–Kier alpha value is -2.24. The van der Waals surface area contributed by atoms with Crippen LogP contribution in [0.1, 0.15) is 24.0 Å². The molecule has 5 heteroatoms. The molecule has 0 radical (unpaired) electrons. The van der Waals surface area contributed by atoms with Crippen molar-refractivity contribution in [3.8, 4) is 0 Å². The summed E-state index contributed by atoms with van der Waals surface area (Å²) in [6, 6.07) is 16.4. The van der Waals surface area contributed by atoms with E-state index in [2.05, 4.69) is 53.1 Å². The summed E-state index contributed by atoms with van der Waals surface area (Å²) in [5, 5.41) is 1.02. The molecule has 0 aliphatic carbocycles. The van der Waals surface area contributed by atoms with Crippen LogP contribution in [0, 0.1) is 13.8 Å². The van der Waals surface area contributed by atoms with Crippen LogP contribution in [0.25, 0.3) is 11.0 Å². The van der Waals surface area contributed by atoms with Crippen LogP contribution >= 0.6 is 11.8 Å². The van der Waals surface area contributed by atoms with Gasteiger partial charge >= 0.3 is 5.63 Å². The van der Waals surface area contributed by atoms with Gasteiger partial charge in [0, 0.05) is 48.2 Å². The maximum Gasteiger partial charge on any atom is 0.336 e.